The summed E-state index contributed by atoms with van der Waals surface area (Å²) in [7, 11) is 1.67. The van der Waals surface area contributed by atoms with Gasteiger partial charge in [-0.1, -0.05) is 0 Å². The summed E-state index contributed by atoms with van der Waals surface area (Å²) >= 11 is 0. The van der Waals surface area contributed by atoms with Gasteiger partial charge in [-0.2, -0.15) is 0 Å². The van der Waals surface area contributed by atoms with Crippen LogP contribution in [0.3, 0.4) is 0 Å². The number of hydrogen-bond acceptors (Lipinski definition) is 8. The fourth-order valence-electron chi connectivity index (χ4n) is 2.86. The lowest BCUT2D eigenvalue weighted by Gasteiger charge is -2.53. The fraction of sp³-hybridized carbons (Fsp3) is 1.00. The van der Waals surface area contributed by atoms with Crippen molar-refractivity contribution in [2.75, 3.05) is 26.8 Å². The lowest BCUT2D eigenvalue weighted by atomic mass is 9.70. The van der Waals surface area contributed by atoms with Crippen LogP contribution in [0.5, 0.6) is 0 Å². The smallest absolute Gasteiger partial charge is 0.139 e. The van der Waals surface area contributed by atoms with Crippen molar-refractivity contribution in [3.63, 3.8) is 0 Å². The van der Waals surface area contributed by atoms with Gasteiger partial charge >= 0.3 is 0 Å². The largest absolute Gasteiger partial charge is 0.387 e. The second-order valence-electron chi connectivity index (χ2n) is 5.32. The molecule has 2 aliphatic rings. The number of aliphatic hydroxyl groups is 6. The Bertz CT molecular complexity index is 312. The van der Waals surface area contributed by atoms with Gasteiger partial charge in [0.05, 0.1) is 19.3 Å². The summed E-state index contributed by atoms with van der Waals surface area (Å²) in [5.74, 6) is 0. The van der Waals surface area contributed by atoms with Crippen LogP contribution in [-0.4, -0.2) is 105 Å². The molecule has 0 aromatic carbocycles. The van der Waals surface area contributed by atoms with E-state index in [1.165, 1.54) is 0 Å². The van der Waals surface area contributed by atoms with Crippen molar-refractivity contribution in [3.8, 4) is 0 Å². The number of hydrogen-bond donors (Lipinski definition) is 6. The molecular formula is C11H21NO7. The summed E-state index contributed by atoms with van der Waals surface area (Å²) in [6.07, 6.45) is -8.82. The normalized spacial score (nSPS) is 53.2. The molecule has 1 aliphatic carbocycles. The molecule has 1 aliphatic heterocycles. The summed E-state index contributed by atoms with van der Waals surface area (Å²) in [6, 6.07) is -0.803. The average Bonchev–Trinajstić information content (AvgIpc) is 2.41. The Morgan fingerprint density at radius 1 is 1.00 bits per heavy atom. The molecule has 8 nitrogen and oxygen atoms in total. The zero-order valence-electron chi connectivity index (χ0n) is 10.6. The van der Waals surface area contributed by atoms with Crippen LogP contribution in [0.15, 0.2) is 0 Å². The van der Waals surface area contributed by atoms with Crippen LogP contribution in [0.2, 0.25) is 0 Å². The first-order chi connectivity index (χ1) is 8.81. The molecule has 2 rings (SSSR count). The zero-order valence-corrected chi connectivity index (χ0v) is 10.6. The van der Waals surface area contributed by atoms with E-state index in [0.717, 1.165) is 0 Å². The van der Waals surface area contributed by atoms with Crippen molar-refractivity contribution in [1.29, 1.82) is 0 Å². The summed E-state index contributed by atoms with van der Waals surface area (Å²) < 4.78 is 5.22. The SMILES string of the molecule is CN1CCOCC1C1(O)[C@H](O)[C@H](O)C(O)[C@H](O)[C@H]1O. The van der Waals surface area contributed by atoms with E-state index in [0.29, 0.717) is 13.2 Å². The summed E-state index contributed by atoms with van der Waals surface area (Å²) in [4.78, 5) is 1.67. The summed E-state index contributed by atoms with van der Waals surface area (Å²) in [5, 5.41) is 59.5. The second-order valence-corrected chi connectivity index (χ2v) is 5.32. The van der Waals surface area contributed by atoms with Crippen molar-refractivity contribution in [2.45, 2.75) is 42.2 Å². The van der Waals surface area contributed by atoms with E-state index in [1.807, 2.05) is 0 Å². The molecule has 0 radical (unpaired) electrons. The number of rotatable bonds is 1. The van der Waals surface area contributed by atoms with Gasteiger partial charge in [-0.15, -0.1) is 0 Å². The van der Waals surface area contributed by atoms with E-state index >= 15 is 0 Å². The molecule has 2 fully saturated rings. The molecule has 0 bridgehead atoms. The quantitative estimate of drug-likeness (QED) is 0.285. The number of ether oxygens (including phenoxy) is 1. The molecular weight excluding hydrogens is 258 g/mol. The van der Waals surface area contributed by atoms with E-state index < -0.39 is 42.2 Å². The van der Waals surface area contributed by atoms with Crippen LogP contribution >= 0.6 is 0 Å². The Labute approximate surface area is 110 Å². The minimum Gasteiger partial charge on any atom is -0.387 e. The van der Waals surface area contributed by atoms with Crippen molar-refractivity contribution < 1.29 is 35.4 Å². The summed E-state index contributed by atoms with van der Waals surface area (Å²) in [5.41, 5.74) is -2.19. The van der Waals surface area contributed by atoms with Gasteiger partial charge in [0, 0.05) is 6.54 Å². The van der Waals surface area contributed by atoms with E-state index in [1.54, 1.807) is 11.9 Å². The standard InChI is InChI=1S/C11H21NO7/c1-12-2-3-19-4-5(12)11(18)9(16)7(14)6(13)8(15)10(11)17/h5-10,13-18H,2-4H2,1H3/t5?,6?,7-,8+,9-,10-,11?/m1/s1. The molecule has 0 amide bonds. The molecule has 0 spiro atoms. The Hall–Kier alpha value is -0.320. The lowest BCUT2D eigenvalue weighted by molar-refractivity contribution is -0.291. The van der Waals surface area contributed by atoms with Gasteiger partial charge in [-0.3, -0.25) is 4.90 Å². The first-order valence-electron chi connectivity index (χ1n) is 6.22. The number of morpholine rings is 1. The third-order valence-corrected chi connectivity index (χ3v) is 4.22. The Morgan fingerprint density at radius 3 is 2.00 bits per heavy atom. The highest BCUT2D eigenvalue weighted by molar-refractivity contribution is 5.13. The van der Waals surface area contributed by atoms with Gasteiger partial charge in [0.25, 0.3) is 0 Å². The molecule has 112 valence electrons. The molecule has 19 heavy (non-hydrogen) atoms. The average molecular weight is 279 g/mol. The molecule has 1 saturated carbocycles. The number of aliphatic hydroxyl groups excluding tert-OH is 5. The van der Waals surface area contributed by atoms with Crippen LogP contribution < -0.4 is 0 Å². The number of likely N-dealkylation sites (N-methyl/N-ethyl adjacent to an activating group) is 1. The highest BCUT2D eigenvalue weighted by Gasteiger charge is 2.62. The van der Waals surface area contributed by atoms with Crippen LogP contribution in [0, 0.1) is 0 Å². The molecule has 3 unspecified atom stereocenters. The van der Waals surface area contributed by atoms with Gasteiger partial charge in [0.2, 0.25) is 0 Å². The minimum absolute atomic E-state index is 0.0383. The molecule has 1 saturated heterocycles. The molecule has 7 atom stereocenters. The van der Waals surface area contributed by atoms with Crippen molar-refractivity contribution in [2.24, 2.45) is 0 Å². The van der Waals surface area contributed by atoms with E-state index in [-0.39, 0.29) is 6.61 Å². The first kappa shape index (κ1) is 15.1. The van der Waals surface area contributed by atoms with Gasteiger partial charge in [0.15, 0.2) is 0 Å². The monoisotopic (exact) mass is 279 g/mol. The highest BCUT2D eigenvalue weighted by atomic mass is 16.5. The highest BCUT2D eigenvalue weighted by Crippen LogP contribution is 2.35. The van der Waals surface area contributed by atoms with Crippen LogP contribution in [0.4, 0.5) is 0 Å². The van der Waals surface area contributed by atoms with E-state index in [4.69, 9.17) is 4.74 Å². The minimum atomic E-state index is -2.19. The second kappa shape index (κ2) is 5.23. The maximum Gasteiger partial charge on any atom is 0.139 e. The van der Waals surface area contributed by atoms with Crippen LogP contribution in [0.1, 0.15) is 0 Å². The zero-order chi connectivity index (χ0) is 14.4. The van der Waals surface area contributed by atoms with Gasteiger partial charge in [0.1, 0.15) is 36.1 Å². The topological polar surface area (TPSA) is 134 Å². The van der Waals surface area contributed by atoms with Crippen LogP contribution in [0.25, 0.3) is 0 Å². The Balaban J connectivity index is 2.32. The molecule has 6 N–H and O–H groups in total. The molecule has 1 heterocycles. The lowest BCUT2D eigenvalue weighted by Crippen LogP contribution is -2.77. The van der Waals surface area contributed by atoms with Gasteiger partial charge < -0.3 is 35.4 Å². The molecule has 8 heteroatoms. The third kappa shape index (κ3) is 2.18. The van der Waals surface area contributed by atoms with Crippen molar-refractivity contribution >= 4 is 0 Å². The van der Waals surface area contributed by atoms with E-state index in [2.05, 4.69) is 0 Å². The molecule has 0 aromatic rings. The Morgan fingerprint density at radius 2 is 1.53 bits per heavy atom. The van der Waals surface area contributed by atoms with E-state index in [9.17, 15) is 30.6 Å². The maximum absolute atomic E-state index is 10.6. The van der Waals surface area contributed by atoms with Crippen molar-refractivity contribution in [1.82, 2.24) is 4.90 Å². The summed E-state index contributed by atoms with van der Waals surface area (Å²) in [6.45, 7) is 0.959. The first-order valence-corrected chi connectivity index (χ1v) is 6.22. The maximum atomic E-state index is 10.6. The molecule has 0 aromatic heterocycles. The van der Waals surface area contributed by atoms with Gasteiger partial charge in [-0.25, -0.2) is 0 Å². The third-order valence-electron chi connectivity index (χ3n) is 4.22. The number of nitrogens with zero attached hydrogens (tertiary/aromatic N) is 1. The van der Waals surface area contributed by atoms with Gasteiger partial charge in [-0.05, 0) is 7.05 Å². The van der Waals surface area contributed by atoms with Crippen molar-refractivity contribution in [3.05, 3.63) is 0 Å². The van der Waals surface area contributed by atoms with Crippen LogP contribution in [-0.2, 0) is 4.74 Å². The predicted octanol–water partition coefficient (Wildman–Crippen LogP) is -4.13. The predicted molar refractivity (Wildman–Crippen MR) is 62.2 cm³/mol. The Kier molecular flexibility index (Phi) is 4.15. The fourth-order valence-corrected chi connectivity index (χ4v) is 2.86.